The molecule has 3 nitrogen and oxygen atoms in total. The first-order valence-corrected chi connectivity index (χ1v) is 7.87. The minimum atomic E-state index is -0.0165. The van der Waals surface area contributed by atoms with E-state index >= 15 is 0 Å². The van der Waals surface area contributed by atoms with Crippen LogP contribution in [0.4, 0.5) is 0 Å². The number of rotatable bonds is 10. The number of Topliss-reactive ketones (excluding diaryl/α,β-unsaturated/α-hetero) is 1. The minimum Gasteiger partial charge on any atom is -0.496 e. The zero-order chi connectivity index (χ0) is 15.7. The van der Waals surface area contributed by atoms with Crippen LogP contribution >= 0.6 is 0 Å². The number of carbonyl (C=O) groups excluding carboxylic acids is 1. The van der Waals surface area contributed by atoms with Gasteiger partial charge in [-0.15, -0.1) is 0 Å². The van der Waals surface area contributed by atoms with Gasteiger partial charge in [0.25, 0.3) is 0 Å². The highest BCUT2D eigenvalue weighted by molar-refractivity contribution is 5.99. The topological polar surface area (TPSA) is 35.5 Å². The summed E-state index contributed by atoms with van der Waals surface area (Å²) in [5.41, 5.74) is 1.68. The molecule has 0 bridgehead atoms. The molecule has 1 aromatic carbocycles. The summed E-state index contributed by atoms with van der Waals surface area (Å²) in [6.07, 6.45) is 4.70. The maximum absolute atomic E-state index is 12.2. The van der Waals surface area contributed by atoms with E-state index in [1.165, 1.54) is 19.3 Å². The lowest BCUT2D eigenvalue weighted by Crippen LogP contribution is -2.15. The van der Waals surface area contributed by atoms with Gasteiger partial charge in [0.2, 0.25) is 0 Å². The summed E-state index contributed by atoms with van der Waals surface area (Å²) in [7, 11) is 1.59. The van der Waals surface area contributed by atoms with E-state index in [9.17, 15) is 4.79 Å². The van der Waals surface area contributed by atoms with Crippen LogP contribution in [-0.4, -0.2) is 26.1 Å². The van der Waals surface area contributed by atoms with E-state index in [0.717, 1.165) is 12.0 Å². The fourth-order valence-electron chi connectivity index (χ4n) is 2.32. The van der Waals surface area contributed by atoms with E-state index in [4.69, 9.17) is 9.47 Å². The van der Waals surface area contributed by atoms with Gasteiger partial charge in [-0.2, -0.15) is 0 Å². The Balaban J connectivity index is 2.50. The van der Waals surface area contributed by atoms with Crippen molar-refractivity contribution >= 4 is 5.78 Å². The molecule has 21 heavy (non-hydrogen) atoms. The molecular weight excluding hydrogens is 264 g/mol. The Morgan fingerprint density at radius 3 is 2.67 bits per heavy atom. The predicted molar refractivity (Wildman–Crippen MR) is 86.2 cm³/mol. The molecule has 118 valence electrons. The molecule has 0 radical (unpaired) electrons. The lowest BCUT2D eigenvalue weighted by Gasteiger charge is -2.15. The summed E-state index contributed by atoms with van der Waals surface area (Å²) < 4.78 is 10.9. The number of hydrogen-bond acceptors (Lipinski definition) is 3. The molecule has 1 rings (SSSR count). The molecule has 0 saturated carbocycles. The highest BCUT2D eigenvalue weighted by atomic mass is 16.5. The second-order valence-corrected chi connectivity index (χ2v) is 5.56. The maximum Gasteiger partial charge on any atom is 0.192 e. The quantitative estimate of drug-likeness (QED) is 0.599. The van der Waals surface area contributed by atoms with Crippen LogP contribution in [0.25, 0.3) is 0 Å². The Labute approximate surface area is 128 Å². The number of hydrogen-bond donors (Lipinski definition) is 0. The van der Waals surface area contributed by atoms with Gasteiger partial charge >= 0.3 is 0 Å². The van der Waals surface area contributed by atoms with Crippen LogP contribution in [0.5, 0.6) is 5.75 Å². The number of benzene rings is 1. The third kappa shape index (κ3) is 5.88. The maximum atomic E-state index is 12.2. The monoisotopic (exact) mass is 292 g/mol. The van der Waals surface area contributed by atoms with Crippen LogP contribution in [0.3, 0.4) is 0 Å². The molecule has 0 aliphatic carbocycles. The molecule has 3 heteroatoms. The second kappa shape index (κ2) is 9.56. The molecule has 0 saturated heterocycles. The molecule has 0 aromatic heterocycles. The summed E-state index contributed by atoms with van der Waals surface area (Å²) in [5, 5.41) is 0. The van der Waals surface area contributed by atoms with Gasteiger partial charge in [0.15, 0.2) is 5.78 Å². The molecular formula is C18H28O3. The number of aryl methyl sites for hydroxylation is 1. The Hall–Kier alpha value is -1.35. The lowest BCUT2D eigenvalue weighted by atomic mass is 10.0. The van der Waals surface area contributed by atoms with E-state index in [1.807, 2.05) is 25.1 Å². The Morgan fingerprint density at radius 2 is 2.05 bits per heavy atom. The molecule has 1 unspecified atom stereocenters. The number of ether oxygens (including phenoxy) is 2. The fourth-order valence-corrected chi connectivity index (χ4v) is 2.32. The van der Waals surface area contributed by atoms with Crippen molar-refractivity contribution in [1.82, 2.24) is 0 Å². The zero-order valence-electron chi connectivity index (χ0n) is 13.8. The van der Waals surface area contributed by atoms with Crippen LogP contribution in [-0.2, 0) is 4.74 Å². The van der Waals surface area contributed by atoms with Crippen molar-refractivity contribution in [3.05, 3.63) is 29.3 Å². The van der Waals surface area contributed by atoms with Gasteiger partial charge in [0.1, 0.15) is 12.4 Å². The van der Waals surface area contributed by atoms with Gasteiger partial charge in [0.05, 0.1) is 12.7 Å². The van der Waals surface area contributed by atoms with Gasteiger partial charge in [0, 0.05) is 6.61 Å². The first kappa shape index (κ1) is 17.7. The summed E-state index contributed by atoms with van der Waals surface area (Å²) >= 11 is 0. The first-order chi connectivity index (χ1) is 10.1. The zero-order valence-corrected chi connectivity index (χ0v) is 13.8. The van der Waals surface area contributed by atoms with Crippen molar-refractivity contribution in [2.24, 2.45) is 5.92 Å². The molecule has 1 aromatic rings. The van der Waals surface area contributed by atoms with E-state index < -0.39 is 0 Å². The summed E-state index contributed by atoms with van der Waals surface area (Å²) in [5.74, 6) is 1.16. The normalized spacial score (nSPS) is 12.2. The largest absolute Gasteiger partial charge is 0.496 e. The lowest BCUT2D eigenvalue weighted by molar-refractivity contribution is 0.0656. The number of unbranched alkanes of at least 4 members (excludes halogenated alkanes) is 1. The standard InChI is InChI=1S/C18H28O3/c1-5-7-8-15(6-2)12-21-13-17(19)16-10-9-14(3)11-18(16)20-4/h9-11,15H,5-8,12-13H2,1-4H3. The summed E-state index contributed by atoms with van der Waals surface area (Å²) in [6, 6.07) is 5.61. The predicted octanol–water partition coefficient (Wildman–Crippen LogP) is 4.42. The molecule has 0 aliphatic heterocycles. The van der Waals surface area contributed by atoms with Gasteiger partial charge in [-0.3, -0.25) is 4.79 Å². The van der Waals surface area contributed by atoms with Crippen molar-refractivity contribution in [2.75, 3.05) is 20.3 Å². The highest BCUT2D eigenvalue weighted by Crippen LogP contribution is 2.21. The fraction of sp³-hybridized carbons (Fsp3) is 0.611. The van der Waals surface area contributed by atoms with Gasteiger partial charge in [-0.05, 0) is 37.0 Å². The van der Waals surface area contributed by atoms with Crippen molar-refractivity contribution in [3.63, 3.8) is 0 Å². The van der Waals surface area contributed by atoms with Crippen LogP contribution in [0.1, 0.15) is 55.5 Å². The van der Waals surface area contributed by atoms with Crippen molar-refractivity contribution in [2.45, 2.75) is 46.5 Å². The smallest absolute Gasteiger partial charge is 0.192 e. The third-order valence-corrected chi connectivity index (χ3v) is 3.79. The van der Waals surface area contributed by atoms with Gasteiger partial charge in [-0.1, -0.05) is 39.2 Å². The average molecular weight is 292 g/mol. The number of carbonyl (C=O) groups is 1. The molecule has 0 heterocycles. The van der Waals surface area contributed by atoms with Crippen LogP contribution in [0.2, 0.25) is 0 Å². The average Bonchev–Trinajstić information content (AvgIpc) is 2.50. The molecule has 0 N–H and O–H groups in total. The second-order valence-electron chi connectivity index (χ2n) is 5.56. The van der Waals surface area contributed by atoms with E-state index in [1.54, 1.807) is 7.11 Å². The van der Waals surface area contributed by atoms with E-state index in [2.05, 4.69) is 13.8 Å². The minimum absolute atomic E-state index is 0.0165. The Morgan fingerprint density at radius 1 is 1.29 bits per heavy atom. The van der Waals surface area contributed by atoms with Crippen molar-refractivity contribution in [1.29, 1.82) is 0 Å². The van der Waals surface area contributed by atoms with Crippen LogP contribution in [0.15, 0.2) is 18.2 Å². The molecule has 0 fully saturated rings. The SMILES string of the molecule is CCCCC(CC)COCC(=O)c1ccc(C)cc1OC. The molecule has 0 aliphatic rings. The number of methoxy groups -OCH3 is 1. The van der Waals surface area contributed by atoms with Crippen LogP contribution < -0.4 is 4.74 Å². The van der Waals surface area contributed by atoms with E-state index in [-0.39, 0.29) is 12.4 Å². The Kier molecular flexibility index (Phi) is 8.06. The van der Waals surface area contributed by atoms with E-state index in [0.29, 0.717) is 23.8 Å². The third-order valence-electron chi connectivity index (χ3n) is 3.79. The molecule has 0 spiro atoms. The first-order valence-electron chi connectivity index (χ1n) is 7.87. The van der Waals surface area contributed by atoms with Gasteiger partial charge < -0.3 is 9.47 Å². The Bertz CT molecular complexity index is 440. The summed E-state index contributed by atoms with van der Waals surface area (Å²) in [6.45, 7) is 7.14. The molecule has 0 amide bonds. The highest BCUT2D eigenvalue weighted by Gasteiger charge is 2.13. The molecule has 1 atom stereocenters. The van der Waals surface area contributed by atoms with Crippen molar-refractivity contribution < 1.29 is 14.3 Å². The summed E-state index contributed by atoms with van der Waals surface area (Å²) in [4.78, 5) is 12.2. The van der Waals surface area contributed by atoms with Crippen molar-refractivity contribution in [3.8, 4) is 5.75 Å². The number of ketones is 1. The van der Waals surface area contributed by atoms with Gasteiger partial charge in [-0.25, -0.2) is 0 Å². The van der Waals surface area contributed by atoms with Crippen LogP contribution in [0, 0.1) is 12.8 Å².